The van der Waals surface area contributed by atoms with Crippen LogP contribution in [0.5, 0.6) is 17.2 Å². The third-order valence-corrected chi connectivity index (χ3v) is 8.82. The third-order valence-electron chi connectivity index (χ3n) is 7.36. The minimum absolute atomic E-state index is 0. The summed E-state index contributed by atoms with van der Waals surface area (Å²) in [6.45, 7) is 4.04. The van der Waals surface area contributed by atoms with Crippen molar-refractivity contribution in [3.05, 3.63) is 166 Å². The van der Waals surface area contributed by atoms with Crippen molar-refractivity contribution in [1.29, 1.82) is 0 Å². The molecular formula is C49H35BrF3NO15SY4-4. The van der Waals surface area contributed by atoms with E-state index >= 15 is 0 Å². The first-order chi connectivity index (χ1) is 33.2. The van der Waals surface area contributed by atoms with Gasteiger partial charge in [-0.3, -0.25) is 9.78 Å². The first-order valence-electron chi connectivity index (χ1n) is 19.0. The first kappa shape index (κ1) is 76.3. The second-order valence-corrected chi connectivity index (χ2v) is 14.6. The van der Waals surface area contributed by atoms with Crippen molar-refractivity contribution in [1.82, 2.24) is 4.98 Å². The summed E-state index contributed by atoms with van der Waals surface area (Å²) in [4.78, 5) is 76.5. The maximum absolute atomic E-state index is 11.9. The fraction of sp³-hybridized carbons (Fsp3) is 0.102. The summed E-state index contributed by atoms with van der Waals surface area (Å²) in [5.41, 5.74) is -4.32. The Kier molecular flexibility index (Phi) is 43.2. The Morgan fingerprint density at radius 2 is 1.20 bits per heavy atom. The Hall–Kier alpha value is -4.24. The number of esters is 2. The van der Waals surface area contributed by atoms with E-state index in [2.05, 4.69) is 77.1 Å². The van der Waals surface area contributed by atoms with E-state index in [1.807, 2.05) is 6.07 Å². The number of halogens is 4. The zero-order valence-electron chi connectivity index (χ0n) is 38.5. The predicted molar refractivity (Wildman–Crippen MR) is 247 cm³/mol. The Balaban J connectivity index is -0.000000400. The Bertz CT molecular complexity index is 2990. The number of alkyl halides is 3. The third kappa shape index (κ3) is 29.7. The molecule has 0 aliphatic heterocycles. The number of carbonyl (C=O) groups excluding carboxylic acids is 6. The molecule has 1 aromatic heterocycles. The van der Waals surface area contributed by atoms with Gasteiger partial charge >= 0.3 is 33.5 Å². The van der Waals surface area contributed by atoms with Gasteiger partial charge in [-0.1, -0.05) is 44.1 Å². The van der Waals surface area contributed by atoms with E-state index in [9.17, 15) is 55.2 Å². The first-order valence-corrected chi connectivity index (χ1v) is 21.2. The van der Waals surface area contributed by atoms with E-state index < -0.39 is 39.3 Å². The molecule has 3 N–H and O–H groups in total. The van der Waals surface area contributed by atoms with Gasteiger partial charge in [-0.15, -0.1) is 29.3 Å². The number of aromatic hydroxyl groups is 2. The van der Waals surface area contributed by atoms with Crippen LogP contribution in [0, 0.1) is 48.5 Å². The molecule has 0 amide bonds. The molecule has 376 valence electrons. The van der Waals surface area contributed by atoms with Crippen LogP contribution in [0.2, 0.25) is 0 Å². The number of aromatic carboxylic acids is 1. The summed E-state index contributed by atoms with van der Waals surface area (Å²) in [7, 11) is -5.76. The second-order valence-electron chi connectivity index (χ2n) is 12.1. The molecular weight excluding hydrogens is 1370 g/mol. The second kappa shape index (κ2) is 41.9. The smallest absolute Gasteiger partial charge is 0.533 e. The van der Waals surface area contributed by atoms with E-state index in [1.54, 1.807) is 68.3 Å². The van der Waals surface area contributed by atoms with Gasteiger partial charge in [-0.05, 0) is 44.3 Å². The molecule has 0 aliphatic carbocycles. The topological polar surface area (TPSA) is 255 Å². The molecule has 0 saturated heterocycles. The molecule has 0 spiro atoms. The maximum Gasteiger partial charge on any atom is 0.534 e. The number of phenols is 2. The van der Waals surface area contributed by atoms with Crippen LogP contribution >= 0.6 is 15.9 Å². The number of nitrogens with zero attached hydrogens (tertiary/aromatic N) is 1. The molecule has 0 aliphatic rings. The van der Waals surface area contributed by atoms with Gasteiger partial charge in [0.15, 0.2) is 6.29 Å². The van der Waals surface area contributed by atoms with Gasteiger partial charge in [0.2, 0.25) is 0 Å². The summed E-state index contributed by atoms with van der Waals surface area (Å²) in [6.07, 6.45) is 8.21. The molecule has 4 radical (unpaired) electrons. The molecule has 6 rings (SSSR count). The minimum atomic E-state index is -5.76. The number of terminal acetylenes is 1. The summed E-state index contributed by atoms with van der Waals surface area (Å²) < 4.78 is 70.6. The monoisotopic (exact) mass is 1400 g/mol. The standard InChI is InChI=1S/C12H9O3.C10H6NO2.C8H4F3O4S.C7H5BrO2.C7H5O2.C5H6O2.4Y/c1-2-15-12(14)8-7-10-5-3-4-6-11(10)9-13;12-10(13)9-5-7-3-1-2-4-8(7)6-11-9;9-8(10,11)16(13,14)15-7-4-2-1-3-6(7)5-12;8-6-1-2-7(10)5(3-6)4-9;8-5-6-3-1-2-4-7(6)9;1-3-5(6)7-4-2;;;;/h3,5-6,9H,2H2,1H3;1,3-6H,(H,12,13);2-5H;1-4,10H;2-5,9H;1H,4H2,2H3;;;;/q3*-1;;-1;;;;;. The number of rotatable bonds is 9. The average Bonchev–Trinajstić information content (AvgIpc) is 3.35. The molecule has 6 aromatic rings. The number of hydrogen-bond acceptors (Lipinski definition) is 15. The molecule has 0 atom stereocenters. The van der Waals surface area contributed by atoms with Crippen molar-refractivity contribution in [2.75, 3.05) is 13.2 Å². The van der Waals surface area contributed by atoms with Crippen molar-refractivity contribution in [2.45, 2.75) is 19.4 Å². The number of fused-ring (bicyclic) bond motifs is 1. The van der Waals surface area contributed by atoms with Crippen LogP contribution in [0.4, 0.5) is 13.2 Å². The Morgan fingerprint density at radius 1 is 0.703 bits per heavy atom. The van der Waals surface area contributed by atoms with E-state index in [1.165, 1.54) is 30.5 Å². The zero-order chi connectivity index (χ0) is 52.7. The van der Waals surface area contributed by atoms with Gasteiger partial charge in [0.1, 0.15) is 11.4 Å². The number of aldehydes is 4. The number of aromatic nitrogens is 1. The summed E-state index contributed by atoms with van der Waals surface area (Å²) in [5, 5.41) is 28.3. The van der Waals surface area contributed by atoms with Crippen molar-refractivity contribution < 1.29 is 215 Å². The molecule has 0 saturated carbocycles. The van der Waals surface area contributed by atoms with Gasteiger partial charge in [0, 0.05) is 159 Å². The number of benzene rings is 5. The van der Waals surface area contributed by atoms with Crippen molar-refractivity contribution in [2.24, 2.45) is 0 Å². The SMILES string of the molecule is C#CC(=O)OCC.CCOC(=O)C#Cc1cc[c-]cc1C=O.O=C(O)c1cc2cc[c-]cc2cn1.O=Cc1c[c-]ccc1O.O=Cc1c[c-]ccc1OS(=O)(=O)C(F)(F)F.O=Cc1cc(Br)ccc1O.[Y].[Y].[Y].[Y]. The van der Waals surface area contributed by atoms with Crippen LogP contribution in [-0.2, 0) is 160 Å². The van der Waals surface area contributed by atoms with Gasteiger partial charge in [0.05, 0.1) is 37.6 Å². The van der Waals surface area contributed by atoms with Crippen LogP contribution < -0.4 is 4.18 Å². The summed E-state index contributed by atoms with van der Waals surface area (Å²) >= 11 is 3.17. The molecule has 74 heavy (non-hydrogen) atoms. The predicted octanol–water partition coefficient (Wildman–Crippen LogP) is 7.62. The zero-order valence-corrected chi connectivity index (χ0v) is 52.3. The minimum Gasteiger partial charge on any atom is -0.533 e. The molecule has 1 heterocycles. The number of ether oxygens (including phenoxy) is 2. The quantitative estimate of drug-likeness (QED) is 0.0239. The maximum atomic E-state index is 11.9. The van der Waals surface area contributed by atoms with Gasteiger partial charge in [0.25, 0.3) is 0 Å². The van der Waals surface area contributed by atoms with Crippen LogP contribution in [0.15, 0.2) is 108 Å². The molecule has 0 unspecified atom stereocenters. The van der Waals surface area contributed by atoms with E-state index in [0.29, 0.717) is 42.2 Å². The number of carboxylic acids is 1. The van der Waals surface area contributed by atoms with Crippen LogP contribution in [-0.4, -0.2) is 90.5 Å². The Morgan fingerprint density at radius 3 is 1.69 bits per heavy atom. The van der Waals surface area contributed by atoms with Gasteiger partial charge < -0.3 is 43.4 Å². The normalized spacial score (nSPS) is 9.15. The van der Waals surface area contributed by atoms with Crippen LogP contribution in [0.3, 0.4) is 0 Å². The number of carbonyl (C=O) groups is 7. The molecule has 16 nitrogen and oxygen atoms in total. The number of phenolic OH excluding ortho intramolecular Hbond substituents is 2. The number of hydrogen-bond donors (Lipinski definition) is 3. The average molecular weight is 1400 g/mol. The van der Waals surface area contributed by atoms with Crippen molar-refractivity contribution in [3.8, 4) is 41.4 Å². The molecule has 0 bridgehead atoms. The van der Waals surface area contributed by atoms with E-state index in [4.69, 9.17) is 15.3 Å². The van der Waals surface area contributed by atoms with Crippen LogP contribution in [0.25, 0.3) is 10.8 Å². The summed E-state index contributed by atoms with van der Waals surface area (Å²) in [5.74, 6) is 3.80. The number of carboxylic acid groups (broad SMARTS) is 1. The van der Waals surface area contributed by atoms with Crippen molar-refractivity contribution >= 4 is 79.9 Å². The molecule has 25 heteroatoms. The van der Waals surface area contributed by atoms with Crippen molar-refractivity contribution in [3.63, 3.8) is 0 Å². The van der Waals surface area contributed by atoms with E-state index in [0.717, 1.165) is 33.4 Å². The van der Waals surface area contributed by atoms with Gasteiger partial charge in [-0.2, -0.15) is 107 Å². The molecule has 5 aromatic carbocycles. The fourth-order valence-corrected chi connectivity index (χ4v) is 5.03. The van der Waals surface area contributed by atoms with Crippen LogP contribution in [0.1, 0.15) is 71.3 Å². The fourth-order valence-electron chi connectivity index (χ4n) is 4.16. The Labute approximate surface area is 532 Å². The largest absolute Gasteiger partial charge is 0.534 e. The molecule has 0 fully saturated rings. The van der Waals surface area contributed by atoms with Gasteiger partial charge in [-0.25, -0.2) is 14.4 Å². The number of pyridine rings is 1. The summed E-state index contributed by atoms with van der Waals surface area (Å²) in [6, 6.07) is 34.4. The van der Waals surface area contributed by atoms with E-state index in [-0.39, 0.29) is 172 Å².